The zero-order valence-electron chi connectivity index (χ0n) is 8.60. The van der Waals surface area contributed by atoms with Crippen LogP contribution in [0.2, 0.25) is 0 Å². The van der Waals surface area contributed by atoms with E-state index < -0.39 is 11.7 Å². The van der Waals surface area contributed by atoms with Crippen molar-refractivity contribution in [2.75, 3.05) is 6.61 Å². The maximum atomic E-state index is 11.0. The van der Waals surface area contributed by atoms with Gasteiger partial charge in [0, 0.05) is 11.8 Å². The molecule has 1 N–H and O–H groups in total. The number of hydrogen-bond acceptors (Lipinski definition) is 5. The number of hydrogen-bond donors (Lipinski definition) is 1. The molecule has 80 valence electrons. The van der Waals surface area contributed by atoms with Crippen LogP contribution in [0, 0.1) is 6.92 Å². The fraction of sp³-hybridized carbons (Fsp3) is 0.300. The van der Waals surface area contributed by atoms with Gasteiger partial charge in [-0.05, 0) is 19.9 Å². The summed E-state index contributed by atoms with van der Waals surface area (Å²) in [6.45, 7) is 3.68. The lowest BCUT2D eigenvalue weighted by Crippen LogP contribution is -2.07. The van der Waals surface area contributed by atoms with Crippen LogP contribution in [-0.2, 0) is 9.53 Å². The van der Waals surface area contributed by atoms with Crippen molar-refractivity contribution in [1.82, 2.24) is 9.97 Å². The van der Waals surface area contributed by atoms with Crippen molar-refractivity contribution in [2.45, 2.75) is 13.8 Å². The first kappa shape index (κ1) is 11.2. The second-order valence-electron chi connectivity index (χ2n) is 2.83. The molecule has 0 aliphatic carbocycles. The molecule has 0 bridgehead atoms. The zero-order chi connectivity index (χ0) is 11.3. The zero-order valence-corrected chi connectivity index (χ0v) is 8.60. The summed E-state index contributed by atoms with van der Waals surface area (Å²) in [5.74, 6) is -1.22. The van der Waals surface area contributed by atoms with Gasteiger partial charge in [0.25, 0.3) is 0 Å². The molecule has 1 aromatic heterocycles. The quantitative estimate of drug-likeness (QED) is 0.459. The maximum Gasteiger partial charge on any atom is 0.373 e. The molecule has 1 rings (SSSR count). The number of aliphatic hydroxyl groups excluding tert-OH is 1. The fourth-order valence-electron chi connectivity index (χ4n) is 0.958. The van der Waals surface area contributed by atoms with Crippen molar-refractivity contribution in [3.8, 4) is 0 Å². The lowest BCUT2D eigenvalue weighted by molar-refractivity contribution is -0.141. The highest BCUT2D eigenvalue weighted by molar-refractivity contribution is 5.90. The predicted octanol–water partition coefficient (Wildman–Crippen LogP) is 1.25. The Balaban J connectivity index is 2.82. The summed E-state index contributed by atoms with van der Waals surface area (Å²) in [6.07, 6.45) is 2.60. The number of carbonyl (C=O) groups is 1. The molecular weight excluding hydrogens is 196 g/mol. The predicted molar refractivity (Wildman–Crippen MR) is 54.0 cm³/mol. The number of aryl methyl sites for hydroxylation is 1. The summed E-state index contributed by atoms with van der Waals surface area (Å²) >= 11 is 0. The van der Waals surface area contributed by atoms with Crippen molar-refractivity contribution in [3.63, 3.8) is 0 Å². The van der Waals surface area contributed by atoms with E-state index in [0.717, 1.165) is 5.69 Å². The molecule has 0 atom stereocenters. The van der Waals surface area contributed by atoms with Crippen LogP contribution >= 0.6 is 0 Å². The van der Waals surface area contributed by atoms with Gasteiger partial charge in [-0.2, -0.15) is 0 Å². The standard InChI is InChI=1S/C10H12N2O3/c1-3-15-10(14)9(13)5-8-4-7(2)11-6-12-8/h4-6,13H,3H2,1-2H3/b9-5-. The summed E-state index contributed by atoms with van der Waals surface area (Å²) < 4.78 is 4.61. The van der Waals surface area contributed by atoms with Gasteiger partial charge in [0.2, 0.25) is 5.76 Å². The number of rotatable bonds is 3. The average molecular weight is 208 g/mol. The molecule has 0 aliphatic rings. The smallest absolute Gasteiger partial charge is 0.373 e. The van der Waals surface area contributed by atoms with Gasteiger partial charge in [-0.3, -0.25) is 0 Å². The van der Waals surface area contributed by atoms with Crippen LogP contribution in [-0.4, -0.2) is 27.7 Å². The normalized spacial score (nSPS) is 11.2. The van der Waals surface area contributed by atoms with Gasteiger partial charge >= 0.3 is 5.97 Å². The van der Waals surface area contributed by atoms with Crippen molar-refractivity contribution >= 4 is 12.0 Å². The molecular formula is C10H12N2O3. The third-order valence-corrected chi connectivity index (χ3v) is 1.59. The van der Waals surface area contributed by atoms with E-state index in [1.165, 1.54) is 12.4 Å². The van der Waals surface area contributed by atoms with Gasteiger partial charge in [-0.1, -0.05) is 0 Å². The minimum atomic E-state index is -0.756. The molecule has 0 aliphatic heterocycles. The lowest BCUT2D eigenvalue weighted by Gasteiger charge is -2.00. The summed E-state index contributed by atoms with van der Waals surface area (Å²) in [5, 5.41) is 9.32. The van der Waals surface area contributed by atoms with E-state index in [1.807, 2.05) is 0 Å². The Morgan fingerprint density at radius 3 is 2.93 bits per heavy atom. The van der Waals surface area contributed by atoms with Crippen LogP contribution in [0.25, 0.3) is 6.08 Å². The largest absolute Gasteiger partial charge is 0.502 e. The number of esters is 1. The minimum absolute atomic E-state index is 0.222. The van der Waals surface area contributed by atoms with Crippen molar-refractivity contribution < 1.29 is 14.6 Å². The lowest BCUT2D eigenvalue weighted by atomic mass is 10.3. The average Bonchev–Trinajstić information content (AvgIpc) is 2.18. The topological polar surface area (TPSA) is 72.3 Å². The highest BCUT2D eigenvalue weighted by atomic mass is 16.5. The van der Waals surface area contributed by atoms with E-state index in [-0.39, 0.29) is 6.61 Å². The molecule has 5 heteroatoms. The Hall–Kier alpha value is -1.91. The third kappa shape index (κ3) is 3.38. The number of carbonyl (C=O) groups excluding carboxylic acids is 1. The SMILES string of the molecule is CCOC(=O)/C(O)=C/c1cc(C)ncn1. The van der Waals surface area contributed by atoms with Crippen LogP contribution in [0.15, 0.2) is 18.2 Å². The van der Waals surface area contributed by atoms with Crippen LogP contribution < -0.4 is 0 Å². The van der Waals surface area contributed by atoms with E-state index in [4.69, 9.17) is 0 Å². The van der Waals surface area contributed by atoms with Gasteiger partial charge < -0.3 is 9.84 Å². The van der Waals surface area contributed by atoms with E-state index in [2.05, 4.69) is 14.7 Å². The van der Waals surface area contributed by atoms with Crippen molar-refractivity contribution in [3.05, 3.63) is 29.5 Å². The Kier molecular flexibility index (Phi) is 3.79. The second kappa shape index (κ2) is 5.09. The molecule has 5 nitrogen and oxygen atoms in total. The Morgan fingerprint density at radius 2 is 2.33 bits per heavy atom. The number of nitrogens with zero attached hydrogens (tertiary/aromatic N) is 2. The molecule has 0 spiro atoms. The van der Waals surface area contributed by atoms with Crippen molar-refractivity contribution in [1.29, 1.82) is 0 Å². The van der Waals surface area contributed by atoms with Crippen LogP contribution in [0.5, 0.6) is 0 Å². The van der Waals surface area contributed by atoms with Gasteiger partial charge in [0.15, 0.2) is 0 Å². The summed E-state index contributed by atoms with van der Waals surface area (Å²) in [7, 11) is 0. The van der Waals surface area contributed by atoms with E-state index in [0.29, 0.717) is 5.69 Å². The Morgan fingerprint density at radius 1 is 1.60 bits per heavy atom. The van der Waals surface area contributed by atoms with E-state index >= 15 is 0 Å². The van der Waals surface area contributed by atoms with Crippen LogP contribution in [0.1, 0.15) is 18.3 Å². The number of aliphatic hydroxyl groups is 1. The maximum absolute atomic E-state index is 11.0. The Labute approximate surface area is 87.4 Å². The molecule has 15 heavy (non-hydrogen) atoms. The molecule has 1 aromatic rings. The minimum Gasteiger partial charge on any atom is -0.502 e. The summed E-state index contributed by atoms with van der Waals surface area (Å²) in [6, 6.07) is 1.65. The molecule has 0 radical (unpaired) electrons. The second-order valence-corrected chi connectivity index (χ2v) is 2.83. The first-order chi connectivity index (χ1) is 7.13. The van der Waals surface area contributed by atoms with Gasteiger partial charge in [-0.25, -0.2) is 14.8 Å². The molecule has 0 amide bonds. The molecule has 0 unspecified atom stereocenters. The highest BCUT2D eigenvalue weighted by Crippen LogP contribution is 2.03. The highest BCUT2D eigenvalue weighted by Gasteiger charge is 2.08. The van der Waals surface area contributed by atoms with Gasteiger partial charge in [0.05, 0.1) is 12.3 Å². The first-order valence-corrected chi connectivity index (χ1v) is 4.50. The van der Waals surface area contributed by atoms with E-state index in [9.17, 15) is 9.90 Å². The van der Waals surface area contributed by atoms with E-state index in [1.54, 1.807) is 19.9 Å². The number of aromatic nitrogens is 2. The molecule has 0 fully saturated rings. The summed E-state index contributed by atoms with van der Waals surface area (Å²) in [4.78, 5) is 18.8. The molecule has 0 saturated carbocycles. The molecule has 0 aromatic carbocycles. The fourth-order valence-corrected chi connectivity index (χ4v) is 0.958. The summed E-state index contributed by atoms with van der Waals surface area (Å²) in [5.41, 5.74) is 1.22. The monoisotopic (exact) mass is 208 g/mol. The number of ether oxygens (including phenoxy) is 1. The van der Waals surface area contributed by atoms with Crippen LogP contribution in [0.3, 0.4) is 0 Å². The molecule has 1 heterocycles. The Bertz CT molecular complexity index is 388. The molecule has 0 saturated heterocycles. The van der Waals surface area contributed by atoms with Gasteiger partial charge in [0.1, 0.15) is 6.33 Å². The van der Waals surface area contributed by atoms with Gasteiger partial charge in [-0.15, -0.1) is 0 Å². The van der Waals surface area contributed by atoms with Crippen molar-refractivity contribution in [2.24, 2.45) is 0 Å². The third-order valence-electron chi connectivity index (χ3n) is 1.59. The first-order valence-electron chi connectivity index (χ1n) is 4.50. The van der Waals surface area contributed by atoms with Crippen LogP contribution in [0.4, 0.5) is 0 Å².